The molecule has 4 rings (SSSR count). The summed E-state index contributed by atoms with van der Waals surface area (Å²) in [7, 11) is 0. The maximum absolute atomic E-state index is 13.8. The van der Waals surface area contributed by atoms with Crippen molar-refractivity contribution in [3.8, 4) is 10.6 Å². The topological polar surface area (TPSA) is 61.0 Å². The summed E-state index contributed by atoms with van der Waals surface area (Å²) in [4.78, 5) is 15.6. The van der Waals surface area contributed by atoms with Gasteiger partial charge in [-0.05, 0) is 36.1 Å². The molecule has 0 radical (unpaired) electrons. The Kier molecular flexibility index (Phi) is 4.65. The number of rotatable bonds is 4. The van der Waals surface area contributed by atoms with Gasteiger partial charge in [-0.2, -0.15) is 5.10 Å². The van der Waals surface area contributed by atoms with Crippen molar-refractivity contribution in [1.29, 1.82) is 0 Å². The third kappa shape index (κ3) is 3.45. The Bertz CT molecular complexity index is 927. The zero-order valence-corrected chi connectivity index (χ0v) is 15.3. The van der Waals surface area contributed by atoms with Gasteiger partial charge in [0.15, 0.2) is 5.82 Å². The van der Waals surface area contributed by atoms with Crippen molar-refractivity contribution < 1.29 is 9.18 Å². The normalized spacial score (nSPS) is 16.8. The molecule has 26 heavy (non-hydrogen) atoms. The SMILES string of the molecule is O=C(N[C@H]1CCN(c2cc(-c3cccs3)[nH]n2)C1)c1cc(Cl)ccc1F. The summed E-state index contributed by atoms with van der Waals surface area (Å²) in [5.41, 5.74) is 0.944. The summed E-state index contributed by atoms with van der Waals surface area (Å²) < 4.78 is 13.8. The van der Waals surface area contributed by atoms with Crippen LogP contribution in [0.2, 0.25) is 5.02 Å². The molecule has 1 atom stereocenters. The number of aromatic nitrogens is 2. The summed E-state index contributed by atoms with van der Waals surface area (Å²) in [5.74, 6) is -0.174. The number of nitrogens with zero attached hydrogens (tertiary/aromatic N) is 2. The molecule has 2 aromatic heterocycles. The third-order valence-electron chi connectivity index (χ3n) is 4.37. The minimum Gasteiger partial charge on any atom is -0.353 e. The molecule has 0 aliphatic carbocycles. The average Bonchev–Trinajstić information content (AvgIpc) is 3.37. The molecule has 0 bridgehead atoms. The van der Waals surface area contributed by atoms with Gasteiger partial charge in [-0.1, -0.05) is 17.7 Å². The highest BCUT2D eigenvalue weighted by atomic mass is 35.5. The Morgan fingerprint density at radius 2 is 2.27 bits per heavy atom. The fraction of sp³-hybridized carbons (Fsp3) is 0.222. The van der Waals surface area contributed by atoms with Gasteiger partial charge in [-0.3, -0.25) is 9.89 Å². The number of anilines is 1. The molecule has 1 fully saturated rings. The molecule has 1 aromatic carbocycles. The molecule has 8 heteroatoms. The van der Waals surface area contributed by atoms with E-state index in [0.29, 0.717) is 11.6 Å². The van der Waals surface area contributed by atoms with Crippen molar-refractivity contribution in [3.05, 3.63) is 58.2 Å². The molecule has 1 saturated heterocycles. The first kappa shape index (κ1) is 17.1. The van der Waals surface area contributed by atoms with E-state index < -0.39 is 11.7 Å². The molecule has 1 amide bonds. The number of benzene rings is 1. The maximum atomic E-state index is 13.8. The highest BCUT2D eigenvalue weighted by molar-refractivity contribution is 7.13. The van der Waals surface area contributed by atoms with Crippen LogP contribution in [0.15, 0.2) is 41.8 Å². The van der Waals surface area contributed by atoms with E-state index in [4.69, 9.17) is 11.6 Å². The highest BCUT2D eigenvalue weighted by Crippen LogP contribution is 2.27. The standard InChI is InChI=1S/C18H16ClFN4OS/c19-11-3-4-14(20)13(8-11)18(25)21-12-5-6-24(10-12)17-9-15(22-23-17)16-2-1-7-26-16/h1-4,7-9,12H,5-6,10H2,(H,21,25)(H,22,23)/t12-/m0/s1. The number of amides is 1. The number of hydrogen-bond donors (Lipinski definition) is 2. The Hall–Kier alpha value is -2.38. The summed E-state index contributed by atoms with van der Waals surface area (Å²) in [6, 6.07) is 9.95. The van der Waals surface area contributed by atoms with Crippen LogP contribution in [0.4, 0.5) is 10.2 Å². The lowest BCUT2D eigenvalue weighted by Crippen LogP contribution is -2.37. The van der Waals surface area contributed by atoms with E-state index in [1.54, 1.807) is 11.3 Å². The van der Waals surface area contributed by atoms with Crippen molar-refractivity contribution in [2.45, 2.75) is 12.5 Å². The number of hydrogen-bond acceptors (Lipinski definition) is 4. The second kappa shape index (κ2) is 7.09. The second-order valence-electron chi connectivity index (χ2n) is 6.15. The first-order chi connectivity index (χ1) is 12.6. The zero-order chi connectivity index (χ0) is 18.1. The van der Waals surface area contributed by atoms with Gasteiger partial charge in [0.1, 0.15) is 5.82 Å². The van der Waals surface area contributed by atoms with Gasteiger partial charge in [0.25, 0.3) is 5.91 Å². The van der Waals surface area contributed by atoms with Crippen LogP contribution in [0.3, 0.4) is 0 Å². The predicted octanol–water partition coefficient (Wildman–Crippen LogP) is 3.94. The van der Waals surface area contributed by atoms with Gasteiger partial charge in [-0.15, -0.1) is 11.3 Å². The predicted molar refractivity (Wildman–Crippen MR) is 101 cm³/mol. The Balaban J connectivity index is 1.41. The van der Waals surface area contributed by atoms with Crippen LogP contribution in [-0.4, -0.2) is 35.2 Å². The van der Waals surface area contributed by atoms with Gasteiger partial charge in [0.2, 0.25) is 0 Å². The molecule has 3 heterocycles. The Labute approximate surface area is 158 Å². The molecule has 2 N–H and O–H groups in total. The first-order valence-electron chi connectivity index (χ1n) is 8.20. The van der Waals surface area contributed by atoms with E-state index in [1.165, 1.54) is 18.2 Å². The van der Waals surface area contributed by atoms with Crippen molar-refractivity contribution in [3.63, 3.8) is 0 Å². The van der Waals surface area contributed by atoms with Gasteiger partial charge >= 0.3 is 0 Å². The lowest BCUT2D eigenvalue weighted by Gasteiger charge is -2.16. The molecule has 0 unspecified atom stereocenters. The largest absolute Gasteiger partial charge is 0.353 e. The van der Waals surface area contributed by atoms with Crippen LogP contribution in [0.5, 0.6) is 0 Å². The number of H-pyrrole nitrogens is 1. The Morgan fingerprint density at radius 3 is 3.08 bits per heavy atom. The van der Waals surface area contributed by atoms with Crippen molar-refractivity contribution in [1.82, 2.24) is 15.5 Å². The van der Waals surface area contributed by atoms with Crippen LogP contribution >= 0.6 is 22.9 Å². The van der Waals surface area contributed by atoms with Gasteiger partial charge in [0.05, 0.1) is 16.1 Å². The molecule has 5 nitrogen and oxygen atoms in total. The molecular weight excluding hydrogens is 375 g/mol. The van der Waals surface area contributed by atoms with E-state index in [-0.39, 0.29) is 11.6 Å². The van der Waals surface area contributed by atoms with Crippen molar-refractivity contribution >= 4 is 34.7 Å². The minimum atomic E-state index is -0.574. The van der Waals surface area contributed by atoms with Gasteiger partial charge in [-0.25, -0.2) is 4.39 Å². The van der Waals surface area contributed by atoms with E-state index in [0.717, 1.165) is 29.4 Å². The third-order valence-corrected chi connectivity index (χ3v) is 5.51. The number of carbonyl (C=O) groups is 1. The van der Waals surface area contributed by atoms with E-state index >= 15 is 0 Å². The van der Waals surface area contributed by atoms with Crippen LogP contribution < -0.4 is 10.2 Å². The van der Waals surface area contributed by atoms with Gasteiger partial charge in [0, 0.05) is 30.2 Å². The number of aromatic amines is 1. The van der Waals surface area contributed by atoms with Crippen LogP contribution in [0.25, 0.3) is 10.6 Å². The summed E-state index contributed by atoms with van der Waals surface area (Å²) >= 11 is 7.51. The quantitative estimate of drug-likeness (QED) is 0.709. The fourth-order valence-electron chi connectivity index (χ4n) is 3.05. The highest BCUT2D eigenvalue weighted by Gasteiger charge is 2.26. The number of thiophene rings is 1. The number of nitrogens with one attached hydrogen (secondary N) is 2. The van der Waals surface area contributed by atoms with Crippen LogP contribution in [0, 0.1) is 5.82 Å². The molecule has 0 saturated carbocycles. The smallest absolute Gasteiger partial charge is 0.254 e. The lowest BCUT2D eigenvalue weighted by atomic mass is 10.1. The summed E-state index contributed by atoms with van der Waals surface area (Å²) in [5, 5.41) is 12.7. The first-order valence-corrected chi connectivity index (χ1v) is 9.46. The fourth-order valence-corrected chi connectivity index (χ4v) is 3.92. The Morgan fingerprint density at radius 1 is 1.38 bits per heavy atom. The summed E-state index contributed by atoms with van der Waals surface area (Å²) in [6.45, 7) is 1.40. The lowest BCUT2D eigenvalue weighted by molar-refractivity contribution is 0.0936. The zero-order valence-electron chi connectivity index (χ0n) is 13.7. The number of carbonyl (C=O) groups excluding carboxylic acids is 1. The van der Waals surface area contributed by atoms with Gasteiger partial charge < -0.3 is 10.2 Å². The number of halogens is 2. The van der Waals surface area contributed by atoms with E-state index in [1.807, 2.05) is 23.6 Å². The molecule has 0 spiro atoms. The molecular formula is C18H16ClFN4OS. The minimum absolute atomic E-state index is 0.0318. The maximum Gasteiger partial charge on any atom is 0.254 e. The summed E-state index contributed by atoms with van der Waals surface area (Å²) in [6.07, 6.45) is 0.773. The average molecular weight is 391 g/mol. The molecule has 1 aliphatic heterocycles. The second-order valence-corrected chi connectivity index (χ2v) is 7.53. The van der Waals surface area contributed by atoms with Crippen molar-refractivity contribution in [2.75, 3.05) is 18.0 Å². The monoisotopic (exact) mass is 390 g/mol. The van der Waals surface area contributed by atoms with Crippen molar-refractivity contribution in [2.24, 2.45) is 0 Å². The molecule has 3 aromatic rings. The van der Waals surface area contributed by atoms with E-state index in [9.17, 15) is 9.18 Å². The van der Waals surface area contributed by atoms with Crippen LogP contribution in [-0.2, 0) is 0 Å². The molecule has 1 aliphatic rings. The van der Waals surface area contributed by atoms with Crippen LogP contribution in [0.1, 0.15) is 16.8 Å². The van der Waals surface area contributed by atoms with E-state index in [2.05, 4.69) is 20.4 Å². The molecule has 134 valence electrons.